The molecule has 0 bridgehead atoms. The van der Waals surface area contributed by atoms with Gasteiger partial charge in [0.15, 0.2) is 5.78 Å². The summed E-state index contributed by atoms with van der Waals surface area (Å²) in [7, 11) is 0. The largest absolute Gasteiger partial charge is 0.469 e. The third kappa shape index (κ3) is 3.58. The molecule has 1 aromatic carbocycles. The fourth-order valence-electron chi connectivity index (χ4n) is 4.95. The molecule has 3 aromatic heterocycles. The summed E-state index contributed by atoms with van der Waals surface area (Å²) < 4.78 is 11.5. The van der Waals surface area contributed by atoms with Gasteiger partial charge in [-0.25, -0.2) is 0 Å². The molecule has 0 fully saturated rings. The van der Waals surface area contributed by atoms with Gasteiger partial charge in [0.1, 0.15) is 17.6 Å². The van der Waals surface area contributed by atoms with Crippen molar-refractivity contribution in [2.45, 2.75) is 31.2 Å². The van der Waals surface area contributed by atoms with Gasteiger partial charge in [0.25, 0.3) is 0 Å². The molecule has 2 unspecified atom stereocenters. The van der Waals surface area contributed by atoms with Crippen LogP contribution in [-0.4, -0.2) is 11.7 Å². The lowest BCUT2D eigenvalue weighted by molar-refractivity contribution is -0.118. The van der Waals surface area contributed by atoms with Crippen molar-refractivity contribution in [1.82, 2.24) is 0 Å². The predicted molar refractivity (Wildman–Crippen MR) is 130 cm³/mol. The number of rotatable bonds is 4. The van der Waals surface area contributed by atoms with E-state index in [1.807, 2.05) is 60.0 Å². The number of hydrogen-bond acceptors (Lipinski definition) is 6. The van der Waals surface area contributed by atoms with Crippen LogP contribution in [-0.2, 0) is 16.0 Å². The number of furan rings is 2. The summed E-state index contributed by atoms with van der Waals surface area (Å²) in [6.07, 6.45) is 4.38. The first-order valence-electron chi connectivity index (χ1n) is 11.2. The van der Waals surface area contributed by atoms with E-state index in [-0.39, 0.29) is 24.0 Å². The highest BCUT2D eigenvalue weighted by Crippen LogP contribution is 2.47. The Kier molecular flexibility index (Phi) is 5.19. The number of carbonyl (C=O) groups is 2. The number of nitrogens with zero attached hydrogens (tertiary/aromatic N) is 1. The van der Waals surface area contributed by atoms with Crippen molar-refractivity contribution in [3.63, 3.8) is 0 Å². The van der Waals surface area contributed by atoms with E-state index in [0.717, 1.165) is 27.7 Å². The number of ketones is 1. The normalized spacial score (nSPS) is 19.9. The molecule has 0 radical (unpaired) electrons. The van der Waals surface area contributed by atoms with Gasteiger partial charge >= 0.3 is 0 Å². The van der Waals surface area contributed by atoms with E-state index in [9.17, 15) is 9.59 Å². The lowest BCUT2D eigenvalue weighted by Crippen LogP contribution is -2.39. The monoisotopic (exact) mass is 470 g/mol. The molecule has 1 amide bonds. The summed E-state index contributed by atoms with van der Waals surface area (Å²) in [4.78, 5) is 30.2. The van der Waals surface area contributed by atoms with Gasteiger partial charge in [-0.15, -0.1) is 11.3 Å². The van der Waals surface area contributed by atoms with Crippen LogP contribution in [0.2, 0.25) is 0 Å². The molecule has 0 spiro atoms. The number of thiophene rings is 1. The van der Waals surface area contributed by atoms with Crippen LogP contribution >= 0.6 is 11.3 Å². The number of benzene rings is 1. The second-order valence-corrected chi connectivity index (χ2v) is 9.55. The Balaban J connectivity index is 1.51. The number of allylic oxidation sites excluding steroid dienone is 1. The van der Waals surface area contributed by atoms with E-state index < -0.39 is 6.04 Å². The number of nitrogens with one attached hydrogen (secondary N) is 1. The van der Waals surface area contributed by atoms with E-state index in [4.69, 9.17) is 8.83 Å². The van der Waals surface area contributed by atoms with Crippen molar-refractivity contribution >= 4 is 34.4 Å². The van der Waals surface area contributed by atoms with Crippen LogP contribution in [0.25, 0.3) is 0 Å². The molecule has 0 saturated carbocycles. The minimum Gasteiger partial charge on any atom is -0.469 e. The Bertz CT molecular complexity index is 1350. The third-order valence-corrected chi connectivity index (χ3v) is 7.30. The lowest BCUT2D eigenvalue weighted by Gasteiger charge is -2.33. The molecule has 170 valence electrons. The first-order valence-corrected chi connectivity index (χ1v) is 12.1. The first-order chi connectivity index (χ1) is 16.7. The first kappa shape index (κ1) is 20.7. The number of anilines is 2. The van der Waals surface area contributed by atoms with Crippen LogP contribution in [0.5, 0.6) is 0 Å². The molecule has 7 heteroatoms. The van der Waals surface area contributed by atoms with E-state index >= 15 is 0 Å². The van der Waals surface area contributed by atoms with Gasteiger partial charge in [0.2, 0.25) is 5.91 Å². The van der Waals surface area contributed by atoms with Crippen molar-refractivity contribution < 1.29 is 18.4 Å². The van der Waals surface area contributed by atoms with Crippen molar-refractivity contribution in [3.8, 4) is 0 Å². The Hall–Kier alpha value is -3.84. The van der Waals surface area contributed by atoms with Crippen molar-refractivity contribution in [3.05, 3.63) is 106 Å². The zero-order valence-corrected chi connectivity index (χ0v) is 19.1. The molecule has 6 rings (SSSR count). The average molecular weight is 471 g/mol. The van der Waals surface area contributed by atoms with Gasteiger partial charge in [-0.05, 0) is 54.3 Å². The molecule has 34 heavy (non-hydrogen) atoms. The van der Waals surface area contributed by atoms with Crippen LogP contribution in [0.15, 0.2) is 98.7 Å². The van der Waals surface area contributed by atoms with Gasteiger partial charge in [0.05, 0.1) is 30.3 Å². The van der Waals surface area contributed by atoms with Crippen molar-refractivity contribution in [2.24, 2.45) is 0 Å². The number of Topliss-reactive ketones (excluding diaryl/α,β-unsaturated/α-hetero) is 1. The van der Waals surface area contributed by atoms with Gasteiger partial charge < -0.3 is 14.2 Å². The Morgan fingerprint density at radius 3 is 2.50 bits per heavy atom. The van der Waals surface area contributed by atoms with Crippen LogP contribution in [0.1, 0.15) is 41.2 Å². The fraction of sp³-hybridized carbons (Fsp3) is 0.185. The summed E-state index contributed by atoms with van der Waals surface area (Å²) in [6, 6.07) is 18.3. The highest BCUT2D eigenvalue weighted by Gasteiger charge is 2.43. The molecule has 4 heterocycles. The molecular weight excluding hydrogens is 448 g/mol. The Morgan fingerprint density at radius 1 is 0.971 bits per heavy atom. The summed E-state index contributed by atoms with van der Waals surface area (Å²) in [5.41, 5.74) is 2.89. The van der Waals surface area contributed by atoms with Crippen LogP contribution < -0.4 is 10.2 Å². The number of amides is 1. The SMILES string of the molecule is O=C1CC(c2ccco2)CC2=C1C(c1ccco1)N(C(=O)Cc1cccs1)c1ccccc1N2. The standard InChI is InChI=1S/C27H22N2O4S/c30-22-15-17(23-9-3-11-32-23)14-20-26(22)27(24-10-4-12-33-24)29(21-8-2-1-7-19(21)28-20)25(31)16-18-6-5-13-34-18/h1-13,17,27-28H,14-16H2. The number of carbonyl (C=O) groups excluding carboxylic acids is 2. The number of hydrogen-bond donors (Lipinski definition) is 1. The van der Waals surface area contributed by atoms with Crippen LogP contribution in [0, 0.1) is 0 Å². The maximum Gasteiger partial charge on any atom is 0.233 e. The zero-order valence-electron chi connectivity index (χ0n) is 18.3. The molecule has 1 aliphatic carbocycles. The summed E-state index contributed by atoms with van der Waals surface area (Å²) in [6.45, 7) is 0. The van der Waals surface area contributed by atoms with E-state index in [1.54, 1.807) is 34.8 Å². The Labute approximate surface area is 200 Å². The molecule has 1 aliphatic heterocycles. The second-order valence-electron chi connectivity index (χ2n) is 8.52. The summed E-state index contributed by atoms with van der Waals surface area (Å²) >= 11 is 1.55. The highest BCUT2D eigenvalue weighted by atomic mass is 32.1. The van der Waals surface area contributed by atoms with E-state index in [2.05, 4.69) is 5.32 Å². The number of fused-ring (bicyclic) bond motifs is 1. The van der Waals surface area contributed by atoms with Gasteiger partial charge in [-0.2, -0.15) is 0 Å². The van der Waals surface area contributed by atoms with E-state index in [1.165, 1.54) is 0 Å². The quantitative estimate of drug-likeness (QED) is 0.391. The minimum atomic E-state index is -0.654. The molecule has 2 atom stereocenters. The van der Waals surface area contributed by atoms with Crippen molar-refractivity contribution in [1.29, 1.82) is 0 Å². The maximum absolute atomic E-state index is 13.8. The number of para-hydroxylation sites is 2. The van der Waals surface area contributed by atoms with E-state index in [0.29, 0.717) is 24.2 Å². The fourth-order valence-corrected chi connectivity index (χ4v) is 5.65. The Morgan fingerprint density at radius 2 is 1.76 bits per heavy atom. The average Bonchev–Trinajstić information content (AvgIpc) is 3.61. The lowest BCUT2D eigenvalue weighted by atomic mass is 9.81. The van der Waals surface area contributed by atoms with Gasteiger partial charge in [-0.3, -0.25) is 14.5 Å². The smallest absolute Gasteiger partial charge is 0.233 e. The van der Waals surface area contributed by atoms with Gasteiger partial charge in [0, 0.05) is 28.5 Å². The predicted octanol–water partition coefficient (Wildman–Crippen LogP) is 6.08. The topological polar surface area (TPSA) is 75.7 Å². The molecule has 6 nitrogen and oxygen atoms in total. The van der Waals surface area contributed by atoms with Crippen LogP contribution in [0.3, 0.4) is 0 Å². The molecule has 0 saturated heterocycles. The van der Waals surface area contributed by atoms with Gasteiger partial charge in [-0.1, -0.05) is 18.2 Å². The minimum absolute atomic E-state index is 0.0155. The summed E-state index contributed by atoms with van der Waals surface area (Å²) in [5, 5.41) is 5.47. The third-order valence-electron chi connectivity index (χ3n) is 6.42. The second kappa shape index (κ2) is 8.50. The molecular formula is C27H22N2O4S. The van der Waals surface area contributed by atoms with Crippen LogP contribution in [0.4, 0.5) is 11.4 Å². The molecule has 2 aliphatic rings. The maximum atomic E-state index is 13.8. The summed E-state index contributed by atoms with van der Waals surface area (Å²) in [5.74, 6) is 1.19. The molecule has 1 N–H and O–H groups in total. The zero-order chi connectivity index (χ0) is 23.1. The molecule has 4 aromatic rings. The van der Waals surface area contributed by atoms with Crippen molar-refractivity contribution in [2.75, 3.05) is 10.2 Å². The highest BCUT2D eigenvalue weighted by molar-refractivity contribution is 7.10.